The largest absolute Gasteiger partial charge is 0.404 e. The maximum atomic E-state index is 6.04. The molecule has 43 heavy (non-hydrogen) atoms. The molecule has 0 unspecified atom stereocenters. The number of hydrogen-bond donors (Lipinski definition) is 3. The Balaban J connectivity index is 1.38. The van der Waals surface area contributed by atoms with Crippen LogP contribution in [0.3, 0.4) is 0 Å². The molecule has 0 aliphatic heterocycles. The second-order valence-corrected chi connectivity index (χ2v) is 10.5. The standard InChI is InChI=1S/C40H39N3/c1-2-12-30(27-41)23-39(28-42)38-22-11-21-37(26-38)36-20-10-19-35(25-36)34-18-9-13-31(24-34)29-43-40(32-14-5-3-6-15-32)33-16-7-4-8-17-33/h2-26,28,40,43H,27,29,41-42H2,1H3/b12-2-,30-23-,39-28+. The molecule has 0 bridgehead atoms. The van der Waals surface area contributed by atoms with Crippen LogP contribution in [0.4, 0.5) is 0 Å². The van der Waals surface area contributed by atoms with Crippen molar-refractivity contribution in [1.29, 1.82) is 0 Å². The van der Waals surface area contributed by atoms with Crippen LogP contribution in [0.2, 0.25) is 0 Å². The number of nitrogens with two attached hydrogens (primary N) is 2. The summed E-state index contributed by atoms with van der Waals surface area (Å²) in [5.41, 5.74) is 23.4. The molecule has 0 spiro atoms. The molecular weight excluding hydrogens is 522 g/mol. The van der Waals surface area contributed by atoms with E-state index in [4.69, 9.17) is 11.5 Å². The van der Waals surface area contributed by atoms with E-state index in [9.17, 15) is 0 Å². The van der Waals surface area contributed by atoms with E-state index in [1.807, 2.05) is 19.1 Å². The highest BCUT2D eigenvalue weighted by Gasteiger charge is 2.13. The lowest BCUT2D eigenvalue weighted by Crippen LogP contribution is -2.22. The summed E-state index contributed by atoms with van der Waals surface area (Å²) >= 11 is 0. The van der Waals surface area contributed by atoms with Crippen molar-refractivity contribution >= 4 is 5.57 Å². The fourth-order valence-corrected chi connectivity index (χ4v) is 5.37. The first-order chi connectivity index (χ1) is 21.2. The first kappa shape index (κ1) is 29.5. The van der Waals surface area contributed by atoms with Gasteiger partial charge in [-0.25, -0.2) is 0 Å². The summed E-state index contributed by atoms with van der Waals surface area (Å²) in [4.78, 5) is 0. The molecule has 0 atom stereocenters. The van der Waals surface area contributed by atoms with Gasteiger partial charge in [0.2, 0.25) is 0 Å². The number of allylic oxidation sites excluding steroid dienone is 3. The smallest absolute Gasteiger partial charge is 0.0579 e. The number of benzene rings is 5. The second kappa shape index (κ2) is 14.8. The third kappa shape index (κ3) is 7.66. The van der Waals surface area contributed by atoms with Gasteiger partial charge >= 0.3 is 0 Å². The molecule has 5 rings (SSSR count). The maximum Gasteiger partial charge on any atom is 0.0579 e. The van der Waals surface area contributed by atoms with Crippen LogP contribution in [0.25, 0.3) is 27.8 Å². The molecule has 5 N–H and O–H groups in total. The van der Waals surface area contributed by atoms with Crippen molar-refractivity contribution in [2.45, 2.75) is 19.5 Å². The molecule has 0 heterocycles. The summed E-state index contributed by atoms with van der Waals surface area (Å²) in [6.07, 6.45) is 7.71. The minimum absolute atomic E-state index is 0.114. The number of nitrogens with one attached hydrogen (secondary N) is 1. The molecule has 3 heteroatoms. The topological polar surface area (TPSA) is 64.1 Å². The van der Waals surface area contributed by atoms with Gasteiger partial charge in [-0.2, -0.15) is 0 Å². The van der Waals surface area contributed by atoms with Crippen LogP contribution in [-0.2, 0) is 6.54 Å². The van der Waals surface area contributed by atoms with Crippen LogP contribution in [0.15, 0.2) is 163 Å². The molecule has 0 aromatic heterocycles. The first-order valence-corrected chi connectivity index (χ1v) is 14.8. The van der Waals surface area contributed by atoms with Crippen LogP contribution < -0.4 is 16.8 Å². The summed E-state index contributed by atoms with van der Waals surface area (Å²) in [6, 6.07) is 47.4. The molecule has 0 fully saturated rings. The Morgan fingerprint density at radius 2 is 1.23 bits per heavy atom. The Morgan fingerprint density at radius 1 is 0.674 bits per heavy atom. The second-order valence-electron chi connectivity index (χ2n) is 10.5. The van der Waals surface area contributed by atoms with E-state index in [0.717, 1.165) is 34.4 Å². The van der Waals surface area contributed by atoms with Crippen molar-refractivity contribution in [3.63, 3.8) is 0 Å². The van der Waals surface area contributed by atoms with Gasteiger partial charge in [-0.3, -0.25) is 0 Å². The summed E-state index contributed by atoms with van der Waals surface area (Å²) < 4.78 is 0. The molecule has 5 aromatic carbocycles. The van der Waals surface area contributed by atoms with Gasteiger partial charge in [0.15, 0.2) is 0 Å². The van der Waals surface area contributed by atoms with Gasteiger partial charge in [0.25, 0.3) is 0 Å². The minimum Gasteiger partial charge on any atom is -0.404 e. The van der Waals surface area contributed by atoms with Gasteiger partial charge in [0.05, 0.1) is 6.04 Å². The van der Waals surface area contributed by atoms with E-state index >= 15 is 0 Å². The van der Waals surface area contributed by atoms with E-state index in [0.29, 0.717) is 6.54 Å². The quantitative estimate of drug-likeness (QED) is 0.141. The Kier molecular flexibility index (Phi) is 10.2. The summed E-state index contributed by atoms with van der Waals surface area (Å²) in [6.45, 7) is 3.20. The average Bonchev–Trinajstić information content (AvgIpc) is 3.08. The molecular formula is C40H39N3. The van der Waals surface area contributed by atoms with Gasteiger partial charge in [-0.15, -0.1) is 0 Å². The van der Waals surface area contributed by atoms with Crippen LogP contribution in [-0.4, -0.2) is 6.54 Å². The van der Waals surface area contributed by atoms with E-state index in [1.165, 1.54) is 27.8 Å². The SMILES string of the molecule is C\C=C/C(=C/C(=C\N)c1cccc(-c2cccc(-c3cccc(CNC(c4ccccc4)c4ccccc4)c3)c2)c1)CN. The highest BCUT2D eigenvalue weighted by atomic mass is 14.9. The zero-order valence-corrected chi connectivity index (χ0v) is 24.7. The van der Waals surface area contributed by atoms with E-state index in [2.05, 4.69) is 145 Å². The van der Waals surface area contributed by atoms with E-state index in [-0.39, 0.29) is 6.04 Å². The molecule has 0 aliphatic carbocycles. The molecule has 0 radical (unpaired) electrons. The average molecular weight is 562 g/mol. The molecule has 3 nitrogen and oxygen atoms in total. The van der Waals surface area contributed by atoms with Crippen molar-refractivity contribution in [1.82, 2.24) is 5.32 Å². The normalized spacial score (nSPS) is 12.3. The van der Waals surface area contributed by atoms with E-state index < -0.39 is 0 Å². The lowest BCUT2D eigenvalue weighted by Gasteiger charge is -2.20. The van der Waals surface area contributed by atoms with E-state index in [1.54, 1.807) is 6.20 Å². The Bertz CT molecular complexity index is 1680. The lowest BCUT2D eigenvalue weighted by molar-refractivity contribution is 0.605. The van der Waals surface area contributed by atoms with Crippen LogP contribution in [0, 0.1) is 0 Å². The summed E-state index contributed by atoms with van der Waals surface area (Å²) in [5, 5.41) is 3.80. The Morgan fingerprint density at radius 3 is 1.81 bits per heavy atom. The molecule has 0 saturated heterocycles. The van der Waals surface area contributed by atoms with Crippen LogP contribution in [0.1, 0.15) is 35.2 Å². The molecule has 5 aromatic rings. The zero-order chi connectivity index (χ0) is 29.9. The predicted molar refractivity (Wildman–Crippen MR) is 183 cm³/mol. The third-order valence-electron chi connectivity index (χ3n) is 7.57. The third-order valence-corrected chi connectivity index (χ3v) is 7.57. The summed E-state index contributed by atoms with van der Waals surface area (Å²) in [5.74, 6) is 0. The minimum atomic E-state index is 0.114. The van der Waals surface area contributed by atoms with Gasteiger partial charge in [-0.05, 0) is 86.9 Å². The van der Waals surface area contributed by atoms with Crippen molar-refractivity contribution in [3.8, 4) is 22.3 Å². The van der Waals surface area contributed by atoms with Crippen molar-refractivity contribution in [2.75, 3.05) is 6.54 Å². The molecule has 0 amide bonds. The van der Waals surface area contributed by atoms with Gasteiger partial charge in [0.1, 0.15) is 0 Å². The van der Waals surface area contributed by atoms with Crippen molar-refractivity contribution < 1.29 is 0 Å². The van der Waals surface area contributed by atoms with Crippen molar-refractivity contribution in [3.05, 3.63) is 186 Å². The van der Waals surface area contributed by atoms with Crippen molar-refractivity contribution in [2.24, 2.45) is 11.5 Å². The Hall–Kier alpha value is -4.96. The number of rotatable bonds is 11. The molecule has 214 valence electrons. The van der Waals surface area contributed by atoms with Gasteiger partial charge in [0, 0.05) is 19.3 Å². The molecule has 0 aliphatic rings. The summed E-state index contributed by atoms with van der Waals surface area (Å²) in [7, 11) is 0. The van der Waals surface area contributed by atoms with Crippen LogP contribution in [0.5, 0.6) is 0 Å². The first-order valence-electron chi connectivity index (χ1n) is 14.8. The molecule has 0 saturated carbocycles. The Labute approximate surface area is 255 Å². The lowest BCUT2D eigenvalue weighted by atomic mass is 9.95. The van der Waals surface area contributed by atoms with Gasteiger partial charge < -0.3 is 16.8 Å². The van der Waals surface area contributed by atoms with Gasteiger partial charge in [-0.1, -0.05) is 127 Å². The fourth-order valence-electron chi connectivity index (χ4n) is 5.37. The maximum absolute atomic E-state index is 6.04. The number of hydrogen-bond acceptors (Lipinski definition) is 3. The fraction of sp³-hybridized carbons (Fsp3) is 0.100. The highest BCUT2D eigenvalue weighted by molar-refractivity contribution is 5.80. The predicted octanol–water partition coefficient (Wildman–Crippen LogP) is 8.66. The monoisotopic (exact) mass is 561 g/mol. The van der Waals surface area contributed by atoms with Crippen LogP contribution >= 0.6 is 0 Å². The zero-order valence-electron chi connectivity index (χ0n) is 24.7. The highest BCUT2D eigenvalue weighted by Crippen LogP contribution is 2.30.